The second-order valence-corrected chi connectivity index (χ2v) is 10.2. The van der Waals surface area contributed by atoms with E-state index in [9.17, 15) is 15.3 Å². The Morgan fingerprint density at radius 2 is 1.91 bits per heavy atom. The zero-order chi connectivity index (χ0) is 25.0. The third-order valence-corrected chi connectivity index (χ3v) is 7.26. The highest BCUT2D eigenvalue weighted by atomic mass is 35.5. The highest BCUT2D eigenvalue weighted by molar-refractivity contribution is 6.35. The Morgan fingerprint density at radius 1 is 1.24 bits per heavy atom. The van der Waals surface area contributed by atoms with Crippen molar-refractivity contribution >= 4 is 23.5 Å². The number of nitriles is 2. The Hall–Kier alpha value is -2.86. The van der Waals surface area contributed by atoms with Crippen LogP contribution in [0.15, 0.2) is 30.3 Å². The molecule has 0 saturated carbocycles. The van der Waals surface area contributed by atoms with E-state index in [4.69, 9.17) is 11.6 Å². The summed E-state index contributed by atoms with van der Waals surface area (Å²) in [5, 5.41) is 19.0. The molecule has 0 aliphatic carbocycles. The number of Topliss-reactive ketones (excluding diaryl/α,β-unsaturated/α-hetero) is 1. The molecule has 0 N–H and O–H groups in total. The monoisotopic (exact) mass is 476 g/mol. The minimum atomic E-state index is -0.496. The maximum Gasteiger partial charge on any atom is 0.180 e. The maximum absolute atomic E-state index is 13.6. The highest BCUT2D eigenvalue weighted by Gasteiger charge is 2.33. The average molecular weight is 477 g/mol. The van der Waals surface area contributed by atoms with Gasteiger partial charge in [-0.1, -0.05) is 24.6 Å². The number of nitrogens with zero attached hydrogens (tertiary/aromatic N) is 4. The van der Waals surface area contributed by atoms with Gasteiger partial charge in [-0.25, -0.2) is 0 Å². The zero-order valence-corrected chi connectivity index (χ0v) is 21.5. The number of likely N-dealkylation sites (tertiary alicyclic amines) is 1. The molecule has 2 atom stereocenters. The smallest absolute Gasteiger partial charge is 0.180 e. The van der Waals surface area contributed by atoms with Crippen molar-refractivity contribution in [2.24, 2.45) is 5.41 Å². The van der Waals surface area contributed by atoms with Gasteiger partial charge >= 0.3 is 0 Å². The first-order valence-electron chi connectivity index (χ1n) is 11.9. The molecule has 1 aliphatic heterocycles. The first kappa shape index (κ1) is 25.8. The first-order chi connectivity index (χ1) is 16.1. The summed E-state index contributed by atoms with van der Waals surface area (Å²) in [6.07, 6.45) is 7.65. The van der Waals surface area contributed by atoms with E-state index >= 15 is 0 Å². The molecule has 5 nitrogen and oxygen atoms in total. The van der Waals surface area contributed by atoms with Crippen LogP contribution in [0, 0.1) is 35.0 Å². The largest absolute Gasteiger partial charge is 0.312 e. The van der Waals surface area contributed by atoms with E-state index in [1.165, 1.54) is 0 Å². The van der Waals surface area contributed by atoms with E-state index in [0.29, 0.717) is 46.9 Å². The van der Waals surface area contributed by atoms with Crippen LogP contribution in [0.2, 0.25) is 5.02 Å². The summed E-state index contributed by atoms with van der Waals surface area (Å²) < 4.78 is 1.97. The maximum atomic E-state index is 13.6. The van der Waals surface area contributed by atoms with Crippen LogP contribution in [0.4, 0.5) is 0 Å². The Kier molecular flexibility index (Phi) is 8.03. The van der Waals surface area contributed by atoms with E-state index in [1.807, 2.05) is 49.6 Å². The third-order valence-electron chi connectivity index (χ3n) is 6.87. The topological polar surface area (TPSA) is 72.8 Å². The van der Waals surface area contributed by atoms with E-state index in [-0.39, 0.29) is 5.78 Å². The fraction of sp³-hybridized carbons (Fsp3) is 0.464. The van der Waals surface area contributed by atoms with E-state index < -0.39 is 5.41 Å². The normalized spacial score (nSPS) is 18.8. The molecular weight excluding hydrogens is 444 g/mol. The van der Waals surface area contributed by atoms with Gasteiger partial charge in [0.15, 0.2) is 5.78 Å². The van der Waals surface area contributed by atoms with Crippen molar-refractivity contribution < 1.29 is 4.79 Å². The molecule has 0 bridgehead atoms. The van der Waals surface area contributed by atoms with Gasteiger partial charge in [0.25, 0.3) is 0 Å². The van der Waals surface area contributed by atoms with Crippen LogP contribution in [0.5, 0.6) is 0 Å². The van der Waals surface area contributed by atoms with E-state index in [1.54, 1.807) is 12.1 Å². The Labute approximate surface area is 208 Å². The Balaban J connectivity index is 2.06. The average Bonchev–Trinajstić information content (AvgIpc) is 3.29. The van der Waals surface area contributed by atoms with Crippen molar-refractivity contribution in [2.45, 2.75) is 72.4 Å². The summed E-state index contributed by atoms with van der Waals surface area (Å²) in [6, 6.07) is 12.5. The highest BCUT2D eigenvalue weighted by Crippen LogP contribution is 2.34. The van der Waals surface area contributed by atoms with Crippen LogP contribution in [0.1, 0.15) is 80.7 Å². The number of carbonyl (C=O) groups is 1. The molecule has 2 heterocycles. The van der Waals surface area contributed by atoms with E-state index in [0.717, 1.165) is 30.6 Å². The lowest BCUT2D eigenvalue weighted by molar-refractivity contribution is 0.0888. The predicted molar refractivity (Wildman–Crippen MR) is 137 cm³/mol. The molecule has 2 aromatic rings. The van der Waals surface area contributed by atoms with Gasteiger partial charge in [0.05, 0.1) is 45.9 Å². The Bertz CT molecular complexity index is 1160. The summed E-state index contributed by atoms with van der Waals surface area (Å²) >= 11 is 6.89. The molecule has 34 heavy (non-hydrogen) atoms. The number of rotatable bonds is 8. The summed E-state index contributed by atoms with van der Waals surface area (Å²) in [7, 11) is 0. The van der Waals surface area contributed by atoms with Gasteiger partial charge in [-0.2, -0.15) is 10.5 Å². The lowest BCUT2D eigenvalue weighted by Gasteiger charge is -2.26. The molecule has 178 valence electrons. The van der Waals surface area contributed by atoms with Crippen LogP contribution < -0.4 is 0 Å². The number of aromatic nitrogens is 1. The van der Waals surface area contributed by atoms with Crippen molar-refractivity contribution in [1.82, 2.24) is 9.47 Å². The SMILES string of the molecule is CCC1CCC(C)N1CC(=O)c1c(Cl)c(/C=C/CC(C)(C)C#N)n(-c2ccc(C#N)cc2)c1C. The summed E-state index contributed by atoms with van der Waals surface area (Å²) in [5.74, 6) is 0.0223. The Morgan fingerprint density at radius 3 is 2.50 bits per heavy atom. The number of allylic oxidation sites excluding steroid dienone is 1. The van der Waals surface area contributed by atoms with Crippen LogP contribution in [0.25, 0.3) is 11.8 Å². The standard InChI is InChI=1S/C28H33ClN4O/c1-6-22-12-9-19(2)32(22)17-25(34)26-20(3)33(23-13-10-21(16-30)11-14-23)24(27(26)29)8-7-15-28(4,5)18-31/h7-8,10-11,13-14,19,22H,6,9,12,15,17H2,1-5H3/b8-7+. The summed E-state index contributed by atoms with van der Waals surface area (Å²) in [6.45, 7) is 10.4. The second kappa shape index (κ2) is 10.6. The molecular formula is C28H33ClN4O. The number of halogens is 1. The van der Waals surface area contributed by atoms with Gasteiger partial charge in [-0.15, -0.1) is 0 Å². The molecule has 1 aliphatic rings. The number of ketones is 1. The minimum absolute atomic E-state index is 0.0223. The van der Waals surface area contributed by atoms with Gasteiger partial charge in [0.1, 0.15) is 0 Å². The molecule has 6 heteroatoms. The molecule has 0 amide bonds. The van der Waals surface area contributed by atoms with Crippen molar-refractivity contribution in [3.05, 3.63) is 57.9 Å². The lowest BCUT2D eigenvalue weighted by atomic mass is 9.91. The van der Waals surface area contributed by atoms with E-state index in [2.05, 4.69) is 30.9 Å². The molecule has 1 aromatic heterocycles. The van der Waals surface area contributed by atoms with Crippen molar-refractivity contribution in [3.8, 4) is 17.8 Å². The minimum Gasteiger partial charge on any atom is -0.312 e. The van der Waals surface area contributed by atoms with Crippen LogP contribution in [-0.4, -0.2) is 33.9 Å². The fourth-order valence-electron chi connectivity index (χ4n) is 4.77. The van der Waals surface area contributed by atoms with Crippen molar-refractivity contribution in [1.29, 1.82) is 10.5 Å². The number of hydrogen-bond donors (Lipinski definition) is 0. The summed E-state index contributed by atoms with van der Waals surface area (Å²) in [4.78, 5) is 15.9. The van der Waals surface area contributed by atoms with Gasteiger partial charge in [-0.3, -0.25) is 9.69 Å². The number of benzene rings is 1. The van der Waals surface area contributed by atoms with Crippen LogP contribution >= 0.6 is 11.6 Å². The molecule has 2 unspecified atom stereocenters. The predicted octanol–water partition coefficient (Wildman–Crippen LogP) is 6.71. The molecule has 0 spiro atoms. The van der Waals surface area contributed by atoms with Gasteiger partial charge in [-0.05, 0) is 83.7 Å². The third kappa shape index (κ3) is 5.27. The molecule has 1 fully saturated rings. The van der Waals surface area contributed by atoms with Gasteiger partial charge in [0, 0.05) is 23.5 Å². The van der Waals surface area contributed by atoms with Crippen molar-refractivity contribution in [3.63, 3.8) is 0 Å². The molecule has 3 rings (SSSR count). The molecule has 1 saturated heterocycles. The van der Waals surface area contributed by atoms with Crippen LogP contribution in [0.3, 0.4) is 0 Å². The zero-order valence-electron chi connectivity index (χ0n) is 20.7. The fourth-order valence-corrected chi connectivity index (χ4v) is 5.16. The molecule has 1 aromatic carbocycles. The van der Waals surface area contributed by atoms with Crippen molar-refractivity contribution in [2.75, 3.05) is 6.54 Å². The molecule has 0 radical (unpaired) electrons. The van der Waals surface area contributed by atoms with Gasteiger partial charge in [0.2, 0.25) is 0 Å². The lowest BCUT2D eigenvalue weighted by Crippen LogP contribution is -2.38. The number of carbonyl (C=O) groups excluding carboxylic acids is 1. The second-order valence-electron chi connectivity index (χ2n) is 9.84. The van der Waals surface area contributed by atoms with Gasteiger partial charge < -0.3 is 4.57 Å². The quantitative estimate of drug-likeness (QED) is 0.397. The first-order valence-corrected chi connectivity index (χ1v) is 12.3. The summed E-state index contributed by atoms with van der Waals surface area (Å²) in [5.41, 5.74) is 2.93. The number of hydrogen-bond acceptors (Lipinski definition) is 4. The van der Waals surface area contributed by atoms with Crippen LogP contribution in [-0.2, 0) is 0 Å².